The maximum atomic E-state index is 6.72. The highest BCUT2D eigenvalue weighted by Gasteiger charge is 2.25. The van der Waals surface area contributed by atoms with Crippen molar-refractivity contribution in [1.29, 1.82) is 0 Å². The maximum Gasteiger partial charge on any atom is 0.125 e. The summed E-state index contributed by atoms with van der Waals surface area (Å²) in [7, 11) is 0. The summed E-state index contributed by atoms with van der Waals surface area (Å²) in [6.45, 7) is 0. The van der Waals surface area contributed by atoms with Crippen LogP contribution in [0.3, 0.4) is 0 Å². The predicted octanol–water partition coefficient (Wildman–Crippen LogP) is 7.11. The van der Waals surface area contributed by atoms with Gasteiger partial charge in [-0.05, 0) is 35.9 Å². The van der Waals surface area contributed by atoms with E-state index in [0.29, 0.717) is 15.1 Å². The summed E-state index contributed by atoms with van der Waals surface area (Å²) in [6, 6.07) is 13.1. The van der Waals surface area contributed by atoms with Gasteiger partial charge in [0.1, 0.15) is 5.50 Å². The highest BCUT2D eigenvalue weighted by atomic mass is 35.5. The Kier molecular flexibility index (Phi) is 6.01. The van der Waals surface area contributed by atoms with Gasteiger partial charge in [0.05, 0.1) is 16.6 Å². The maximum absolute atomic E-state index is 6.72. The molecule has 24 heavy (non-hydrogen) atoms. The quantitative estimate of drug-likeness (QED) is 0.325. The van der Waals surface area contributed by atoms with Crippen LogP contribution in [0, 0.1) is 0 Å². The van der Waals surface area contributed by atoms with Crippen LogP contribution in [0.4, 0.5) is 0 Å². The monoisotopic (exact) mass is 416 g/mol. The molecule has 0 aliphatic heterocycles. The minimum Gasteiger partial charge on any atom is -0.319 e. The van der Waals surface area contributed by atoms with Crippen LogP contribution < -0.4 is 0 Å². The third-order valence-electron chi connectivity index (χ3n) is 3.41. The molecule has 2 atom stereocenters. The van der Waals surface area contributed by atoms with Gasteiger partial charge in [-0.25, -0.2) is 4.98 Å². The van der Waals surface area contributed by atoms with Gasteiger partial charge in [-0.1, -0.05) is 58.5 Å². The van der Waals surface area contributed by atoms with Crippen molar-refractivity contribution >= 4 is 58.2 Å². The molecule has 0 saturated carbocycles. The van der Waals surface area contributed by atoms with Crippen LogP contribution in [0.15, 0.2) is 66.1 Å². The van der Waals surface area contributed by atoms with Crippen LogP contribution in [0.1, 0.15) is 16.3 Å². The molecule has 0 saturated heterocycles. The molecule has 1 aromatic heterocycles. The van der Waals surface area contributed by atoms with Crippen LogP contribution in [0.5, 0.6) is 0 Å². The second-order valence-corrected chi connectivity index (χ2v) is 7.96. The predicted molar refractivity (Wildman–Crippen MR) is 104 cm³/mol. The summed E-state index contributed by atoms with van der Waals surface area (Å²) in [5.74, 6) is 0. The summed E-state index contributed by atoms with van der Waals surface area (Å²) in [4.78, 5) is 4.98. The van der Waals surface area contributed by atoms with Crippen LogP contribution in [-0.2, 0) is 0 Å². The molecule has 3 aromatic rings. The van der Waals surface area contributed by atoms with E-state index in [4.69, 9.17) is 46.4 Å². The number of imidazole rings is 1. The lowest BCUT2D eigenvalue weighted by Gasteiger charge is -2.24. The van der Waals surface area contributed by atoms with Crippen molar-refractivity contribution < 1.29 is 0 Å². The average molecular weight is 418 g/mol. The van der Waals surface area contributed by atoms with E-state index in [0.717, 1.165) is 10.5 Å². The summed E-state index contributed by atoms with van der Waals surface area (Å²) in [5, 5.41) is 1.79. The highest BCUT2D eigenvalue weighted by Crippen LogP contribution is 2.47. The zero-order chi connectivity index (χ0) is 17.1. The Morgan fingerprint density at radius 3 is 2.29 bits per heavy atom. The van der Waals surface area contributed by atoms with Crippen molar-refractivity contribution in [3.05, 3.63) is 81.8 Å². The Bertz CT molecular complexity index is 806. The molecule has 2 aromatic carbocycles. The number of thioether (sulfide) groups is 1. The fourth-order valence-electron chi connectivity index (χ4n) is 2.21. The van der Waals surface area contributed by atoms with Crippen LogP contribution in [0.25, 0.3) is 0 Å². The van der Waals surface area contributed by atoms with E-state index >= 15 is 0 Å². The topological polar surface area (TPSA) is 17.8 Å². The Balaban J connectivity index is 1.96. The average Bonchev–Trinajstić information content (AvgIpc) is 3.09. The molecule has 0 fully saturated rings. The van der Waals surface area contributed by atoms with Crippen molar-refractivity contribution in [3.8, 4) is 0 Å². The van der Waals surface area contributed by atoms with Gasteiger partial charge >= 0.3 is 0 Å². The number of benzene rings is 2. The minimum atomic E-state index is -0.342. The number of hydrogen-bond donors (Lipinski definition) is 0. The van der Waals surface area contributed by atoms with E-state index in [9.17, 15) is 0 Å². The van der Waals surface area contributed by atoms with Gasteiger partial charge in [-0.3, -0.25) is 0 Å². The normalized spacial score (nSPS) is 13.7. The Morgan fingerprint density at radius 1 is 0.958 bits per heavy atom. The highest BCUT2D eigenvalue weighted by molar-refractivity contribution is 7.99. The standard InChI is InChI=1S/C17H12Cl4N2S/c18-12-3-1-11(2-4-12)16(17(21)23-8-7-22-10-23)24-15-6-5-13(19)9-14(15)20/h1-10,16-17H. The summed E-state index contributed by atoms with van der Waals surface area (Å²) in [5.41, 5.74) is 0.703. The molecule has 0 radical (unpaired) electrons. The lowest BCUT2D eigenvalue weighted by Crippen LogP contribution is -2.09. The first-order valence-electron chi connectivity index (χ1n) is 7.03. The van der Waals surface area contributed by atoms with Crippen molar-refractivity contribution in [2.45, 2.75) is 15.6 Å². The van der Waals surface area contributed by atoms with Crippen LogP contribution >= 0.6 is 58.2 Å². The zero-order valence-electron chi connectivity index (χ0n) is 12.2. The lowest BCUT2D eigenvalue weighted by atomic mass is 10.1. The van der Waals surface area contributed by atoms with Gasteiger partial charge in [-0.2, -0.15) is 0 Å². The second kappa shape index (κ2) is 8.03. The van der Waals surface area contributed by atoms with Crippen molar-refractivity contribution in [2.24, 2.45) is 0 Å². The van der Waals surface area contributed by atoms with E-state index in [1.807, 2.05) is 47.2 Å². The van der Waals surface area contributed by atoms with Gasteiger partial charge in [0.25, 0.3) is 0 Å². The van der Waals surface area contributed by atoms with E-state index < -0.39 is 0 Å². The van der Waals surface area contributed by atoms with Gasteiger partial charge in [-0.15, -0.1) is 11.8 Å². The smallest absolute Gasteiger partial charge is 0.125 e. The van der Waals surface area contributed by atoms with Gasteiger partial charge < -0.3 is 4.57 Å². The van der Waals surface area contributed by atoms with Gasteiger partial charge in [0.15, 0.2) is 0 Å². The first-order valence-corrected chi connectivity index (χ1v) is 9.48. The van der Waals surface area contributed by atoms with E-state index in [2.05, 4.69) is 4.98 Å². The summed E-state index contributed by atoms with van der Waals surface area (Å²) < 4.78 is 1.86. The Morgan fingerprint density at radius 2 is 1.67 bits per heavy atom. The first-order chi connectivity index (χ1) is 11.5. The first kappa shape index (κ1) is 18.0. The molecule has 0 bridgehead atoms. The molecule has 1 heterocycles. The minimum absolute atomic E-state index is 0.0863. The Hall–Kier alpha value is -0.840. The second-order valence-electron chi connectivity index (χ2n) is 5.05. The molecule has 0 spiro atoms. The molecule has 3 rings (SSSR count). The van der Waals surface area contributed by atoms with E-state index in [-0.39, 0.29) is 10.8 Å². The summed E-state index contributed by atoms with van der Waals surface area (Å²) >= 11 is 26.6. The molecule has 124 valence electrons. The molecule has 0 N–H and O–H groups in total. The number of hydrogen-bond acceptors (Lipinski definition) is 2. The summed E-state index contributed by atoms with van der Waals surface area (Å²) in [6.07, 6.45) is 5.24. The van der Waals surface area contributed by atoms with Crippen molar-refractivity contribution in [3.63, 3.8) is 0 Å². The molecule has 0 aliphatic carbocycles. The molecule has 2 unspecified atom stereocenters. The molecule has 7 heteroatoms. The van der Waals surface area contributed by atoms with E-state index in [1.54, 1.807) is 30.4 Å². The molecule has 0 amide bonds. The molecule has 2 nitrogen and oxygen atoms in total. The number of halogens is 4. The lowest BCUT2D eigenvalue weighted by molar-refractivity contribution is 0.651. The third kappa shape index (κ3) is 4.22. The fraction of sp³-hybridized carbons (Fsp3) is 0.118. The number of aromatic nitrogens is 2. The SMILES string of the molecule is Clc1ccc(C(Sc2ccc(Cl)cc2Cl)C(Cl)n2ccnc2)cc1. The van der Waals surface area contributed by atoms with Gasteiger partial charge in [0, 0.05) is 27.3 Å². The van der Waals surface area contributed by atoms with E-state index in [1.165, 1.54) is 0 Å². The zero-order valence-corrected chi connectivity index (χ0v) is 16.1. The third-order valence-corrected chi connectivity index (χ3v) is 6.34. The largest absolute Gasteiger partial charge is 0.319 e. The Labute approximate surface area is 164 Å². The number of rotatable bonds is 5. The molecular formula is C17H12Cl4N2S. The van der Waals surface area contributed by atoms with Gasteiger partial charge in [0.2, 0.25) is 0 Å². The number of nitrogens with zero attached hydrogens (tertiary/aromatic N) is 2. The van der Waals surface area contributed by atoms with Crippen molar-refractivity contribution in [2.75, 3.05) is 0 Å². The molecule has 0 aliphatic rings. The number of alkyl halides is 1. The van der Waals surface area contributed by atoms with Crippen molar-refractivity contribution in [1.82, 2.24) is 9.55 Å². The molecular weight excluding hydrogens is 406 g/mol. The van der Waals surface area contributed by atoms with Crippen LogP contribution in [-0.4, -0.2) is 9.55 Å². The van der Waals surface area contributed by atoms with Crippen LogP contribution in [0.2, 0.25) is 15.1 Å². The fourth-order valence-corrected chi connectivity index (χ4v) is 4.44.